The Balaban J connectivity index is 1.69. The fourth-order valence-corrected chi connectivity index (χ4v) is 4.71. The van der Waals surface area contributed by atoms with Crippen LogP contribution in [0, 0.1) is 11.8 Å². The van der Waals surface area contributed by atoms with E-state index in [-0.39, 0.29) is 0 Å². The monoisotopic (exact) mass is 264 g/mol. The second-order valence-electron chi connectivity index (χ2n) is 5.86. The zero-order valence-electron chi connectivity index (χ0n) is 11.1. The Morgan fingerprint density at radius 1 is 1.28 bits per heavy atom. The van der Waals surface area contributed by atoms with Gasteiger partial charge in [-0.3, -0.25) is 4.90 Å². The largest absolute Gasteiger partial charge is 0.329 e. The highest BCUT2D eigenvalue weighted by Gasteiger charge is 2.33. The van der Waals surface area contributed by atoms with Crippen LogP contribution in [0.5, 0.6) is 0 Å². The number of fused-ring (bicyclic) bond motifs is 1. The van der Waals surface area contributed by atoms with E-state index >= 15 is 0 Å². The van der Waals surface area contributed by atoms with Gasteiger partial charge < -0.3 is 5.73 Å². The van der Waals surface area contributed by atoms with Crippen LogP contribution in [-0.2, 0) is 0 Å². The summed E-state index contributed by atoms with van der Waals surface area (Å²) in [6.07, 6.45) is 7.23. The van der Waals surface area contributed by atoms with Crippen LogP contribution in [0.15, 0.2) is 17.5 Å². The minimum Gasteiger partial charge on any atom is -0.329 e. The van der Waals surface area contributed by atoms with Gasteiger partial charge in [0.15, 0.2) is 0 Å². The van der Waals surface area contributed by atoms with E-state index in [0.29, 0.717) is 6.04 Å². The molecule has 2 aliphatic rings. The molecule has 2 nitrogen and oxygen atoms in total. The maximum atomic E-state index is 6.03. The first-order valence-corrected chi connectivity index (χ1v) is 8.24. The van der Waals surface area contributed by atoms with Crippen molar-refractivity contribution in [2.75, 3.05) is 19.6 Å². The average Bonchev–Trinajstić information content (AvgIpc) is 2.93. The van der Waals surface area contributed by atoms with Crippen molar-refractivity contribution in [2.45, 2.75) is 38.1 Å². The van der Waals surface area contributed by atoms with Crippen LogP contribution >= 0.6 is 11.3 Å². The quantitative estimate of drug-likeness (QED) is 0.908. The van der Waals surface area contributed by atoms with Crippen LogP contribution in [0.1, 0.15) is 43.0 Å². The molecular formula is C15H24N2S. The Morgan fingerprint density at radius 2 is 2.11 bits per heavy atom. The molecule has 1 aliphatic heterocycles. The van der Waals surface area contributed by atoms with Crippen molar-refractivity contribution in [1.82, 2.24) is 4.90 Å². The van der Waals surface area contributed by atoms with Gasteiger partial charge in [-0.15, -0.1) is 11.3 Å². The van der Waals surface area contributed by atoms with Gasteiger partial charge in [0.2, 0.25) is 0 Å². The number of hydrogen-bond acceptors (Lipinski definition) is 3. The maximum Gasteiger partial charge on any atom is 0.0564 e. The molecule has 0 amide bonds. The van der Waals surface area contributed by atoms with Gasteiger partial charge in [-0.2, -0.15) is 0 Å². The molecule has 3 rings (SSSR count). The van der Waals surface area contributed by atoms with Gasteiger partial charge >= 0.3 is 0 Å². The van der Waals surface area contributed by atoms with Crippen LogP contribution in [0.25, 0.3) is 0 Å². The smallest absolute Gasteiger partial charge is 0.0564 e. The second kappa shape index (κ2) is 5.72. The van der Waals surface area contributed by atoms with Gasteiger partial charge in [-0.1, -0.05) is 25.3 Å². The molecule has 0 spiro atoms. The molecule has 0 aromatic carbocycles. The number of nitrogens with two attached hydrogens (primary N) is 1. The predicted molar refractivity (Wildman–Crippen MR) is 77.8 cm³/mol. The van der Waals surface area contributed by atoms with Gasteiger partial charge in [0, 0.05) is 18.0 Å². The molecule has 1 aromatic heterocycles. The molecule has 100 valence electrons. The highest BCUT2D eigenvalue weighted by molar-refractivity contribution is 7.10. The topological polar surface area (TPSA) is 29.3 Å². The molecule has 0 bridgehead atoms. The van der Waals surface area contributed by atoms with Crippen molar-refractivity contribution in [3.8, 4) is 0 Å². The molecule has 1 saturated heterocycles. The van der Waals surface area contributed by atoms with Crippen molar-refractivity contribution < 1.29 is 0 Å². The first-order valence-electron chi connectivity index (χ1n) is 7.36. The van der Waals surface area contributed by atoms with Crippen LogP contribution in [0.2, 0.25) is 0 Å². The Labute approximate surface area is 114 Å². The Bertz CT molecular complexity index is 363. The van der Waals surface area contributed by atoms with Gasteiger partial charge in [-0.05, 0) is 42.7 Å². The summed E-state index contributed by atoms with van der Waals surface area (Å²) < 4.78 is 0. The summed E-state index contributed by atoms with van der Waals surface area (Å²) in [5, 5.41) is 2.17. The second-order valence-corrected chi connectivity index (χ2v) is 6.83. The molecule has 1 saturated carbocycles. The number of rotatable bonds is 3. The Kier molecular flexibility index (Phi) is 4.02. The van der Waals surface area contributed by atoms with Crippen molar-refractivity contribution >= 4 is 11.3 Å². The summed E-state index contributed by atoms with van der Waals surface area (Å²) in [4.78, 5) is 4.10. The molecule has 3 atom stereocenters. The highest BCUT2D eigenvalue weighted by atomic mass is 32.1. The normalized spacial score (nSPS) is 30.9. The minimum absolute atomic E-state index is 0.466. The number of piperidine rings is 1. The van der Waals surface area contributed by atoms with Gasteiger partial charge in [-0.25, -0.2) is 0 Å². The van der Waals surface area contributed by atoms with Crippen molar-refractivity contribution in [2.24, 2.45) is 17.6 Å². The summed E-state index contributed by atoms with van der Waals surface area (Å²) >= 11 is 1.86. The SMILES string of the molecule is NCC(c1cccs1)N1CCC2CCCCC2C1. The van der Waals surface area contributed by atoms with E-state index in [1.807, 2.05) is 11.3 Å². The third-order valence-corrected chi connectivity index (χ3v) is 5.83. The van der Waals surface area contributed by atoms with E-state index in [4.69, 9.17) is 5.73 Å². The lowest BCUT2D eigenvalue weighted by Gasteiger charge is -2.44. The molecule has 2 N–H and O–H groups in total. The predicted octanol–water partition coefficient (Wildman–Crippen LogP) is 3.26. The summed E-state index contributed by atoms with van der Waals surface area (Å²) in [5.74, 6) is 1.96. The first kappa shape index (κ1) is 12.6. The van der Waals surface area contributed by atoms with Crippen molar-refractivity contribution in [1.29, 1.82) is 0 Å². The molecule has 3 heteroatoms. The van der Waals surface area contributed by atoms with Crippen LogP contribution in [0.4, 0.5) is 0 Å². The lowest BCUT2D eigenvalue weighted by Crippen LogP contribution is -2.45. The molecular weight excluding hydrogens is 240 g/mol. The first-order chi connectivity index (χ1) is 8.88. The molecule has 3 unspecified atom stereocenters. The standard InChI is InChI=1S/C15H24N2S/c16-10-14(15-6-3-9-18-15)17-8-7-12-4-1-2-5-13(12)11-17/h3,6,9,12-14H,1-2,4-5,7-8,10-11,16H2. The lowest BCUT2D eigenvalue weighted by molar-refractivity contribution is 0.0596. The summed E-state index contributed by atoms with van der Waals surface area (Å²) in [7, 11) is 0. The molecule has 2 heterocycles. The van der Waals surface area contributed by atoms with Crippen LogP contribution < -0.4 is 5.73 Å². The van der Waals surface area contributed by atoms with E-state index in [1.165, 1.54) is 50.1 Å². The number of likely N-dealkylation sites (tertiary alicyclic amines) is 1. The third-order valence-electron chi connectivity index (χ3n) is 4.86. The van der Waals surface area contributed by atoms with E-state index in [9.17, 15) is 0 Å². The lowest BCUT2D eigenvalue weighted by atomic mass is 9.75. The zero-order valence-corrected chi connectivity index (χ0v) is 11.9. The Morgan fingerprint density at radius 3 is 2.83 bits per heavy atom. The highest BCUT2D eigenvalue weighted by Crippen LogP contribution is 2.38. The van der Waals surface area contributed by atoms with Crippen molar-refractivity contribution in [3.63, 3.8) is 0 Å². The molecule has 1 aliphatic carbocycles. The van der Waals surface area contributed by atoms with Crippen LogP contribution in [-0.4, -0.2) is 24.5 Å². The van der Waals surface area contributed by atoms with Gasteiger partial charge in [0.1, 0.15) is 0 Å². The van der Waals surface area contributed by atoms with E-state index in [2.05, 4.69) is 22.4 Å². The molecule has 18 heavy (non-hydrogen) atoms. The molecule has 2 fully saturated rings. The van der Waals surface area contributed by atoms with Crippen molar-refractivity contribution in [3.05, 3.63) is 22.4 Å². The Hall–Kier alpha value is -0.380. The fraction of sp³-hybridized carbons (Fsp3) is 0.733. The minimum atomic E-state index is 0.466. The number of thiophene rings is 1. The van der Waals surface area contributed by atoms with E-state index in [1.54, 1.807) is 0 Å². The summed E-state index contributed by atoms with van der Waals surface area (Å²) in [6, 6.07) is 4.86. The van der Waals surface area contributed by atoms with Gasteiger partial charge in [0.25, 0.3) is 0 Å². The fourth-order valence-electron chi connectivity index (χ4n) is 3.84. The van der Waals surface area contributed by atoms with E-state index < -0.39 is 0 Å². The maximum absolute atomic E-state index is 6.03. The third kappa shape index (κ3) is 2.49. The zero-order chi connectivity index (χ0) is 12.4. The molecule has 1 aromatic rings. The van der Waals surface area contributed by atoms with Crippen LogP contribution in [0.3, 0.4) is 0 Å². The average molecular weight is 264 g/mol. The van der Waals surface area contributed by atoms with E-state index in [0.717, 1.165) is 18.4 Å². The molecule has 0 radical (unpaired) electrons. The summed E-state index contributed by atoms with van der Waals surface area (Å²) in [5.41, 5.74) is 6.03. The summed E-state index contributed by atoms with van der Waals surface area (Å²) in [6.45, 7) is 3.29. The number of nitrogens with zero attached hydrogens (tertiary/aromatic N) is 1. The van der Waals surface area contributed by atoms with Gasteiger partial charge in [0.05, 0.1) is 6.04 Å². The number of hydrogen-bond donors (Lipinski definition) is 1.